The zero-order valence-corrected chi connectivity index (χ0v) is 23.3. The first-order chi connectivity index (χ1) is 19.8. The minimum atomic E-state index is -4.75. The van der Waals surface area contributed by atoms with Gasteiger partial charge in [-0.3, -0.25) is 14.4 Å². The van der Waals surface area contributed by atoms with E-state index >= 15 is 0 Å². The number of carbonyl (C=O) groups excluding carboxylic acids is 1. The number of hydrogen-bond acceptors (Lipinski definition) is 9. The predicted octanol–water partition coefficient (Wildman–Crippen LogP) is 3.36. The molecule has 0 aliphatic carbocycles. The molecule has 3 aromatic rings. The summed E-state index contributed by atoms with van der Waals surface area (Å²) in [6.07, 6.45) is 6.74. The van der Waals surface area contributed by atoms with Gasteiger partial charge < -0.3 is 29.3 Å². The lowest BCUT2D eigenvalue weighted by Crippen LogP contribution is -2.31. The van der Waals surface area contributed by atoms with Gasteiger partial charge in [0, 0.05) is 6.54 Å². The molecule has 2 amide bonds. The third-order valence-electron chi connectivity index (χ3n) is 6.70. The van der Waals surface area contributed by atoms with E-state index in [1.807, 2.05) is 36.4 Å². The van der Waals surface area contributed by atoms with Gasteiger partial charge in [-0.1, -0.05) is 62.6 Å². The lowest BCUT2D eigenvalue weighted by molar-refractivity contribution is -0.132. The molecule has 4 N–H and O–H groups in total. The lowest BCUT2D eigenvalue weighted by atomic mass is 10.1. The summed E-state index contributed by atoms with van der Waals surface area (Å²) in [5, 5.41) is 5.54. The van der Waals surface area contributed by atoms with Crippen LogP contribution in [0.5, 0.6) is 0 Å². The normalized spacial score (nSPS) is 24.2. The number of urea groups is 1. The topological polar surface area (TPSA) is 179 Å². The van der Waals surface area contributed by atoms with Gasteiger partial charge >= 0.3 is 13.9 Å². The van der Waals surface area contributed by atoms with Crippen molar-refractivity contribution in [1.82, 2.24) is 24.8 Å². The number of unbranched alkanes of at least 4 members (excludes halogenated alkanes) is 3. The Morgan fingerprint density at radius 2 is 1.90 bits per heavy atom. The highest BCUT2D eigenvalue weighted by atomic mass is 31.2. The van der Waals surface area contributed by atoms with Crippen LogP contribution < -0.4 is 10.6 Å². The van der Waals surface area contributed by atoms with E-state index in [0.29, 0.717) is 17.7 Å². The molecule has 2 saturated heterocycles. The molecule has 0 saturated carbocycles. The molecule has 5 rings (SSSR count). The zero-order chi connectivity index (χ0) is 28.8. The van der Waals surface area contributed by atoms with Crippen LogP contribution in [-0.2, 0) is 23.3 Å². The molecule has 5 atom stereocenters. The first-order valence-electron chi connectivity index (χ1n) is 13.4. The Hall–Kier alpha value is -3.23. The van der Waals surface area contributed by atoms with Crippen LogP contribution in [0.25, 0.3) is 17.2 Å². The monoisotopic (exact) mass is 588 g/mol. The number of nitrogens with zero attached hydrogens (tertiary/aromatic N) is 4. The van der Waals surface area contributed by atoms with Gasteiger partial charge in [0.25, 0.3) is 0 Å². The Morgan fingerprint density at radius 3 is 2.68 bits per heavy atom. The van der Waals surface area contributed by atoms with Crippen molar-refractivity contribution in [1.29, 1.82) is 0 Å². The average Bonchev–Trinajstić information content (AvgIpc) is 3.65. The molecule has 4 heterocycles. The summed E-state index contributed by atoms with van der Waals surface area (Å²) < 4.78 is 36.1. The maximum Gasteiger partial charge on any atom is 0.469 e. The standard InChI is InChI=1S/C26H33N6O8P/c1-2-3-4-8-13-27-26(33)31-23-20-24(29-15-28-23)32(16-30-20)25-22-21(18(38-25)14-37-41(34,35)36)39-19(40-22)12-11-17-9-6-5-7-10-17/h5-7,9-12,15-16,18-19,21-22,25H,2-4,8,13-14H2,1H3,(H2,34,35,36)(H2,27,28,29,31,33)/t18-,19?,21?,22+,25-/m1/s1. The number of amides is 2. The van der Waals surface area contributed by atoms with Gasteiger partial charge in [-0.15, -0.1) is 0 Å². The summed E-state index contributed by atoms with van der Waals surface area (Å²) in [5.74, 6) is 0.225. The molecular weight excluding hydrogens is 555 g/mol. The number of hydrogen-bond donors (Lipinski definition) is 4. The fourth-order valence-corrected chi connectivity index (χ4v) is 5.11. The van der Waals surface area contributed by atoms with Crippen LogP contribution in [0.3, 0.4) is 0 Å². The van der Waals surface area contributed by atoms with Crippen LogP contribution in [0.15, 0.2) is 49.1 Å². The molecule has 2 aliphatic rings. The quantitative estimate of drug-likeness (QED) is 0.180. The molecule has 2 aromatic heterocycles. The maximum atomic E-state index is 12.4. The molecule has 0 spiro atoms. The van der Waals surface area contributed by atoms with Crippen LogP contribution in [0.1, 0.15) is 44.4 Å². The van der Waals surface area contributed by atoms with E-state index < -0.39 is 51.3 Å². The van der Waals surface area contributed by atoms with Crippen molar-refractivity contribution in [3.63, 3.8) is 0 Å². The summed E-state index contributed by atoms with van der Waals surface area (Å²) in [7, 11) is -4.75. The Bertz CT molecular complexity index is 1400. The highest BCUT2D eigenvalue weighted by molar-refractivity contribution is 7.46. The number of benzene rings is 1. The molecule has 0 bridgehead atoms. The second-order valence-corrected chi connectivity index (χ2v) is 10.9. The second-order valence-electron chi connectivity index (χ2n) is 9.68. The van der Waals surface area contributed by atoms with Gasteiger partial charge in [-0.05, 0) is 18.1 Å². The van der Waals surface area contributed by atoms with Gasteiger partial charge in [0.15, 0.2) is 29.5 Å². The number of imidazole rings is 1. The fourth-order valence-electron chi connectivity index (χ4n) is 4.77. The number of aromatic nitrogens is 4. The van der Waals surface area contributed by atoms with Crippen LogP contribution in [-0.4, -0.2) is 73.1 Å². The van der Waals surface area contributed by atoms with Crippen LogP contribution in [0.2, 0.25) is 0 Å². The molecule has 41 heavy (non-hydrogen) atoms. The number of phosphoric acid groups is 1. The van der Waals surface area contributed by atoms with E-state index in [1.54, 1.807) is 10.6 Å². The summed E-state index contributed by atoms with van der Waals surface area (Å²) >= 11 is 0. The van der Waals surface area contributed by atoms with E-state index in [9.17, 15) is 19.1 Å². The van der Waals surface area contributed by atoms with Crippen molar-refractivity contribution >= 4 is 36.9 Å². The van der Waals surface area contributed by atoms with Crippen molar-refractivity contribution in [2.24, 2.45) is 0 Å². The third-order valence-corrected chi connectivity index (χ3v) is 7.19. The second kappa shape index (κ2) is 13.2. The summed E-state index contributed by atoms with van der Waals surface area (Å²) in [6.45, 7) is 2.25. The van der Waals surface area contributed by atoms with E-state index in [-0.39, 0.29) is 5.82 Å². The molecule has 15 heteroatoms. The smallest absolute Gasteiger partial charge is 0.347 e. The van der Waals surface area contributed by atoms with Gasteiger partial charge in [0.2, 0.25) is 0 Å². The lowest BCUT2D eigenvalue weighted by Gasteiger charge is -2.20. The van der Waals surface area contributed by atoms with Crippen molar-refractivity contribution in [3.05, 3.63) is 54.6 Å². The van der Waals surface area contributed by atoms with Crippen LogP contribution in [0, 0.1) is 0 Å². The molecule has 2 fully saturated rings. The van der Waals surface area contributed by atoms with Crippen LogP contribution >= 0.6 is 7.82 Å². The molecule has 14 nitrogen and oxygen atoms in total. The zero-order valence-electron chi connectivity index (χ0n) is 22.4. The van der Waals surface area contributed by atoms with E-state index in [1.165, 1.54) is 12.7 Å². The van der Waals surface area contributed by atoms with Crippen molar-refractivity contribution < 1.29 is 37.9 Å². The Balaban J connectivity index is 1.33. The van der Waals surface area contributed by atoms with Gasteiger partial charge in [-0.2, -0.15) is 0 Å². The number of carbonyl (C=O) groups is 1. The van der Waals surface area contributed by atoms with E-state index in [0.717, 1.165) is 31.2 Å². The predicted molar refractivity (Wildman–Crippen MR) is 147 cm³/mol. The highest BCUT2D eigenvalue weighted by Gasteiger charge is 2.53. The summed E-state index contributed by atoms with van der Waals surface area (Å²) in [4.78, 5) is 43.8. The van der Waals surface area contributed by atoms with Crippen molar-refractivity contribution in [3.8, 4) is 0 Å². The largest absolute Gasteiger partial charge is 0.469 e. The minimum absolute atomic E-state index is 0.225. The Kier molecular flexibility index (Phi) is 9.40. The maximum absolute atomic E-state index is 12.4. The molecule has 0 radical (unpaired) electrons. The molecule has 1 aromatic carbocycles. The van der Waals surface area contributed by atoms with Crippen molar-refractivity contribution in [2.45, 2.75) is 63.4 Å². The van der Waals surface area contributed by atoms with E-state index in [2.05, 4.69) is 32.5 Å². The minimum Gasteiger partial charge on any atom is -0.347 e. The first kappa shape index (κ1) is 29.3. The third kappa shape index (κ3) is 7.35. The Morgan fingerprint density at radius 1 is 1.10 bits per heavy atom. The molecule has 2 unspecified atom stereocenters. The number of phosphoric ester groups is 1. The van der Waals surface area contributed by atoms with Gasteiger partial charge in [-0.25, -0.2) is 24.3 Å². The fraction of sp³-hybridized carbons (Fsp3) is 0.462. The number of rotatable bonds is 12. The highest BCUT2D eigenvalue weighted by Crippen LogP contribution is 2.43. The number of anilines is 1. The molecule has 2 aliphatic heterocycles. The first-order valence-corrected chi connectivity index (χ1v) is 15.0. The number of ether oxygens (including phenoxy) is 3. The van der Waals surface area contributed by atoms with Crippen LogP contribution in [0.4, 0.5) is 10.6 Å². The van der Waals surface area contributed by atoms with Crippen molar-refractivity contribution in [2.75, 3.05) is 18.5 Å². The average molecular weight is 589 g/mol. The Labute approximate surface area is 236 Å². The number of fused-ring (bicyclic) bond motifs is 2. The van der Waals surface area contributed by atoms with Gasteiger partial charge in [0.1, 0.15) is 24.6 Å². The molecular formula is C26H33N6O8P. The molecule has 220 valence electrons. The summed E-state index contributed by atoms with van der Waals surface area (Å²) in [5.41, 5.74) is 1.65. The summed E-state index contributed by atoms with van der Waals surface area (Å²) in [6, 6.07) is 9.21. The van der Waals surface area contributed by atoms with Gasteiger partial charge in [0.05, 0.1) is 12.9 Å². The SMILES string of the molecule is CCCCCCNC(=O)Nc1ncnc2c1ncn2[C@@H]1O[C@H](COP(=O)(O)O)C2OC(C=Cc3ccccc3)O[C@@H]21. The van der Waals surface area contributed by atoms with E-state index in [4.69, 9.17) is 18.7 Å². The number of nitrogens with one attached hydrogen (secondary N) is 2.